The summed E-state index contributed by atoms with van der Waals surface area (Å²) in [5.41, 5.74) is 14.2. The number of allylic oxidation sites excluding steroid dienone is 3. The fourth-order valence-electron chi connectivity index (χ4n) is 12.5. The van der Waals surface area contributed by atoms with Crippen molar-refractivity contribution in [1.29, 1.82) is 0 Å². The molecule has 68 heavy (non-hydrogen) atoms. The van der Waals surface area contributed by atoms with Crippen LogP contribution in [0, 0.1) is 29.1 Å². The SMILES string of the molecule is COc1cc(C=CC(=O)CC(=O)CCCC2(CC3C4CCNCC4CC4C=CCNC43)CCC(NCC(C)O)C2)c(CC2=CNC(N)C=C2CCc2cccc(CCc3ccccc3)c2)cc1O. The van der Waals surface area contributed by atoms with E-state index in [1.807, 2.05) is 13.1 Å². The zero-order valence-corrected chi connectivity index (χ0v) is 40.6. The first-order valence-electron chi connectivity index (χ1n) is 25.7. The number of carbonyl (C=O) groups is 2. The number of phenolic OH excluding ortho intramolecular Hbond substituents is 1. The van der Waals surface area contributed by atoms with Gasteiger partial charge in [-0.25, -0.2) is 0 Å². The van der Waals surface area contributed by atoms with Gasteiger partial charge in [-0.05, 0) is 196 Å². The number of aromatic hydroxyl groups is 1. The van der Waals surface area contributed by atoms with Crippen molar-refractivity contribution in [3.05, 3.63) is 136 Å². The topological polar surface area (TPSA) is 158 Å². The predicted octanol–water partition coefficient (Wildman–Crippen LogP) is 8.06. The van der Waals surface area contributed by atoms with Gasteiger partial charge in [-0.2, -0.15) is 0 Å². The number of methoxy groups -OCH3 is 1. The number of hydrogen-bond acceptors (Lipinski definition) is 10. The number of phenols is 1. The highest BCUT2D eigenvalue weighted by atomic mass is 16.5. The highest BCUT2D eigenvalue weighted by Crippen LogP contribution is 2.53. The van der Waals surface area contributed by atoms with E-state index >= 15 is 0 Å². The molecule has 9 unspecified atom stereocenters. The van der Waals surface area contributed by atoms with Crippen molar-refractivity contribution >= 4 is 17.6 Å². The van der Waals surface area contributed by atoms with Crippen LogP contribution in [0.25, 0.3) is 6.08 Å². The summed E-state index contributed by atoms with van der Waals surface area (Å²) in [7, 11) is 1.51. The molecule has 3 aromatic rings. The van der Waals surface area contributed by atoms with Crippen LogP contribution in [0.2, 0.25) is 0 Å². The molecule has 0 radical (unpaired) electrons. The van der Waals surface area contributed by atoms with E-state index in [0.717, 1.165) is 106 Å². The summed E-state index contributed by atoms with van der Waals surface area (Å²) in [5, 5.41) is 35.6. The lowest BCUT2D eigenvalue weighted by Crippen LogP contribution is -2.56. The molecule has 10 nitrogen and oxygen atoms in total. The molecular weight excluding hydrogens is 847 g/mol. The number of piperidine rings is 1. The lowest BCUT2D eigenvalue weighted by molar-refractivity contribution is -0.124. The number of dihydropyridines is 1. The van der Waals surface area contributed by atoms with Gasteiger partial charge in [0.15, 0.2) is 17.3 Å². The molecule has 2 saturated carbocycles. The van der Waals surface area contributed by atoms with Gasteiger partial charge in [0.05, 0.1) is 25.8 Å². The van der Waals surface area contributed by atoms with Crippen molar-refractivity contribution in [2.24, 2.45) is 34.8 Å². The molecule has 364 valence electrons. The maximum Gasteiger partial charge on any atom is 0.163 e. The number of ketones is 2. The van der Waals surface area contributed by atoms with Gasteiger partial charge in [0.25, 0.3) is 0 Å². The number of fused-ring (bicyclic) bond motifs is 2. The van der Waals surface area contributed by atoms with E-state index < -0.39 is 0 Å². The molecule has 8 N–H and O–H groups in total. The Labute approximate surface area is 405 Å². The van der Waals surface area contributed by atoms with Crippen LogP contribution in [0.1, 0.15) is 105 Å². The minimum absolute atomic E-state index is 0.0240. The van der Waals surface area contributed by atoms with Crippen molar-refractivity contribution in [1.82, 2.24) is 21.3 Å². The van der Waals surface area contributed by atoms with Gasteiger partial charge >= 0.3 is 0 Å². The molecular formula is C58H77N5O5. The Kier molecular flexibility index (Phi) is 17.2. The summed E-state index contributed by atoms with van der Waals surface area (Å²) in [6, 6.07) is 23.8. The van der Waals surface area contributed by atoms with Crippen molar-refractivity contribution in [2.75, 3.05) is 33.3 Å². The normalized spacial score (nSPS) is 27.1. The van der Waals surface area contributed by atoms with Crippen molar-refractivity contribution in [2.45, 2.75) is 128 Å². The number of nitrogens with two attached hydrogens (primary N) is 1. The van der Waals surface area contributed by atoms with Crippen LogP contribution in [0.3, 0.4) is 0 Å². The minimum Gasteiger partial charge on any atom is -0.504 e. The smallest absolute Gasteiger partial charge is 0.163 e. The molecule has 8 rings (SSSR count). The maximum atomic E-state index is 13.6. The molecule has 1 saturated heterocycles. The molecule has 3 heterocycles. The van der Waals surface area contributed by atoms with Crippen LogP contribution in [0.4, 0.5) is 0 Å². The number of aliphatic hydroxyl groups is 1. The summed E-state index contributed by atoms with van der Waals surface area (Å²) >= 11 is 0. The van der Waals surface area contributed by atoms with Gasteiger partial charge in [-0.15, -0.1) is 0 Å². The summed E-state index contributed by atoms with van der Waals surface area (Å²) < 4.78 is 5.50. The molecule has 3 fully saturated rings. The molecule has 2 aliphatic carbocycles. The van der Waals surface area contributed by atoms with Crippen molar-refractivity contribution < 1.29 is 24.5 Å². The van der Waals surface area contributed by atoms with E-state index in [2.05, 4.69) is 94.1 Å². The molecule has 0 bridgehead atoms. The zero-order valence-electron chi connectivity index (χ0n) is 40.6. The average Bonchev–Trinajstić information content (AvgIpc) is 3.75. The Hall–Kier alpha value is -4.84. The number of benzene rings is 3. The van der Waals surface area contributed by atoms with E-state index in [1.54, 1.807) is 18.2 Å². The average molecular weight is 924 g/mol. The van der Waals surface area contributed by atoms with E-state index in [-0.39, 0.29) is 41.4 Å². The molecule has 3 aliphatic heterocycles. The third-order valence-corrected chi connectivity index (χ3v) is 15.9. The molecule has 0 amide bonds. The second-order valence-corrected chi connectivity index (χ2v) is 20.9. The summed E-state index contributed by atoms with van der Waals surface area (Å²) in [4.78, 5) is 27.1. The summed E-state index contributed by atoms with van der Waals surface area (Å²) in [6.07, 6.45) is 24.4. The fourth-order valence-corrected chi connectivity index (χ4v) is 12.5. The van der Waals surface area contributed by atoms with Gasteiger partial charge in [-0.3, -0.25) is 9.59 Å². The number of aryl methyl sites for hydroxylation is 3. The quantitative estimate of drug-likeness (QED) is 0.0299. The maximum absolute atomic E-state index is 13.6. The lowest BCUT2D eigenvalue weighted by atomic mass is 9.57. The van der Waals surface area contributed by atoms with E-state index in [1.165, 1.54) is 42.7 Å². The lowest BCUT2D eigenvalue weighted by Gasteiger charge is -2.52. The van der Waals surface area contributed by atoms with Crippen LogP contribution >= 0.6 is 0 Å². The van der Waals surface area contributed by atoms with E-state index in [9.17, 15) is 19.8 Å². The third-order valence-electron chi connectivity index (χ3n) is 15.9. The molecule has 9 atom stereocenters. The van der Waals surface area contributed by atoms with Gasteiger partial charge in [0.1, 0.15) is 5.78 Å². The third kappa shape index (κ3) is 13.3. The zero-order chi connectivity index (χ0) is 47.5. The number of nitrogens with one attached hydrogen (secondary N) is 4. The van der Waals surface area contributed by atoms with Crippen LogP contribution in [-0.4, -0.2) is 79.4 Å². The van der Waals surface area contributed by atoms with Gasteiger partial charge < -0.3 is 42.0 Å². The molecule has 0 spiro atoms. The Morgan fingerprint density at radius 2 is 1.79 bits per heavy atom. The molecule has 0 aromatic heterocycles. The summed E-state index contributed by atoms with van der Waals surface area (Å²) in [5.74, 6) is 2.65. The van der Waals surface area contributed by atoms with Gasteiger partial charge in [0.2, 0.25) is 0 Å². The van der Waals surface area contributed by atoms with Crippen molar-refractivity contribution in [3.63, 3.8) is 0 Å². The van der Waals surface area contributed by atoms with Gasteiger partial charge in [-0.1, -0.05) is 72.8 Å². The Balaban J connectivity index is 0.888. The second-order valence-electron chi connectivity index (χ2n) is 20.9. The predicted molar refractivity (Wildman–Crippen MR) is 273 cm³/mol. The highest BCUT2D eigenvalue weighted by molar-refractivity contribution is 6.06. The highest BCUT2D eigenvalue weighted by Gasteiger charge is 2.49. The number of aliphatic hydroxyl groups excluding tert-OH is 1. The second kappa shape index (κ2) is 23.6. The van der Waals surface area contributed by atoms with E-state index in [4.69, 9.17) is 10.5 Å². The Bertz CT molecular complexity index is 2300. The molecule has 5 aliphatic rings. The molecule has 3 aromatic carbocycles. The van der Waals surface area contributed by atoms with E-state index in [0.29, 0.717) is 60.9 Å². The van der Waals surface area contributed by atoms with Crippen molar-refractivity contribution in [3.8, 4) is 11.5 Å². The Morgan fingerprint density at radius 1 is 1.00 bits per heavy atom. The molecule has 10 heteroatoms. The summed E-state index contributed by atoms with van der Waals surface area (Å²) in [6.45, 7) is 5.57. The van der Waals surface area contributed by atoms with Crippen LogP contribution in [0.15, 0.2) is 108 Å². The van der Waals surface area contributed by atoms with Crippen LogP contribution in [0.5, 0.6) is 11.5 Å². The standard InChI is InChI=1S/C58H77N5O5/c1-39(64)36-62-49-21-24-58(34-49,35-53-52-22-26-60-37-48(52)28-45-13-8-25-61-57(45)53)23-7-14-50(65)33-51(66)20-19-43-31-55(68-2)54(67)30-46(43)29-47-38-63-56(59)32-44(47)18-17-42-12-6-11-41(27-42)16-15-40-9-4-3-5-10-40/h3-6,8-13,19-20,27,30-32,38-39,45,48-49,52-53,56-57,60-64,67H,7,14-18,21-26,28-29,33-37,59H2,1-2H3. The largest absolute Gasteiger partial charge is 0.504 e. The number of rotatable bonds is 22. The first-order valence-corrected chi connectivity index (χ1v) is 25.7. The number of carbonyl (C=O) groups excluding carboxylic acids is 2. The van der Waals surface area contributed by atoms with Crippen LogP contribution in [-0.2, 0) is 35.3 Å². The number of ether oxygens (including phenoxy) is 1. The van der Waals surface area contributed by atoms with Crippen LogP contribution < -0.4 is 31.7 Å². The number of hydrogen-bond donors (Lipinski definition) is 7. The van der Waals surface area contributed by atoms with Gasteiger partial charge in [0, 0.05) is 37.8 Å². The monoisotopic (exact) mass is 924 g/mol. The number of Topliss-reactive ketones (excluding diaryl/α,β-unsaturated/α-hetero) is 1. The minimum atomic E-state index is -0.388. The Morgan fingerprint density at radius 3 is 2.60 bits per heavy atom. The fraction of sp³-hybridized carbons (Fsp3) is 0.517. The first-order chi connectivity index (χ1) is 33.0. The first kappa shape index (κ1) is 49.6.